The van der Waals surface area contributed by atoms with Gasteiger partial charge in [-0.1, -0.05) is 42.1 Å². The molecular formula is C18H21N5OS. The first kappa shape index (κ1) is 17.4. The predicted octanol–water partition coefficient (Wildman–Crippen LogP) is 2.58. The molecule has 0 bridgehead atoms. The van der Waals surface area contributed by atoms with Gasteiger partial charge in [0, 0.05) is 18.3 Å². The molecule has 3 rings (SSSR count). The van der Waals surface area contributed by atoms with E-state index in [-0.39, 0.29) is 5.91 Å². The van der Waals surface area contributed by atoms with Crippen molar-refractivity contribution in [3.05, 3.63) is 53.5 Å². The van der Waals surface area contributed by atoms with Gasteiger partial charge in [-0.25, -0.2) is 4.98 Å². The molecule has 0 aliphatic rings. The molecule has 0 aliphatic heterocycles. The molecular weight excluding hydrogens is 334 g/mol. The molecule has 1 aromatic carbocycles. The Morgan fingerprint density at radius 1 is 1.20 bits per heavy atom. The molecule has 1 N–H and O–H groups in total. The van der Waals surface area contributed by atoms with Crippen molar-refractivity contribution < 1.29 is 4.79 Å². The van der Waals surface area contributed by atoms with Gasteiger partial charge in [0.15, 0.2) is 10.8 Å². The molecule has 0 spiro atoms. The monoisotopic (exact) mass is 355 g/mol. The Kier molecular flexibility index (Phi) is 5.65. The summed E-state index contributed by atoms with van der Waals surface area (Å²) < 4.78 is 1.88. The molecule has 3 aromatic rings. The van der Waals surface area contributed by atoms with Crippen LogP contribution in [0.25, 0.3) is 5.65 Å². The number of nitrogens with one attached hydrogen (secondary N) is 1. The van der Waals surface area contributed by atoms with Crippen molar-refractivity contribution in [3.8, 4) is 0 Å². The van der Waals surface area contributed by atoms with E-state index in [1.165, 1.54) is 17.3 Å². The summed E-state index contributed by atoms with van der Waals surface area (Å²) in [4.78, 5) is 16.4. The number of carbonyl (C=O) groups excluding carboxylic acids is 1. The Balaban J connectivity index is 1.46. The molecule has 0 atom stereocenters. The summed E-state index contributed by atoms with van der Waals surface area (Å²) in [6, 6.07) is 12.2. The number of rotatable bonds is 7. The van der Waals surface area contributed by atoms with Crippen LogP contribution in [0, 0.1) is 13.8 Å². The van der Waals surface area contributed by atoms with Crippen LogP contribution in [0.5, 0.6) is 0 Å². The van der Waals surface area contributed by atoms with E-state index in [0.29, 0.717) is 17.5 Å². The Morgan fingerprint density at radius 2 is 2.00 bits per heavy atom. The zero-order valence-electron chi connectivity index (χ0n) is 14.4. The van der Waals surface area contributed by atoms with E-state index < -0.39 is 0 Å². The molecule has 130 valence electrons. The molecule has 1 amide bonds. The number of benzene rings is 1. The molecule has 0 fully saturated rings. The lowest BCUT2D eigenvalue weighted by Crippen LogP contribution is -2.26. The Hall–Kier alpha value is -2.41. The summed E-state index contributed by atoms with van der Waals surface area (Å²) in [5.41, 5.74) is 2.96. The van der Waals surface area contributed by atoms with Crippen molar-refractivity contribution in [2.45, 2.75) is 31.8 Å². The first-order valence-electron chi connectivity index (χ1n) is 8.26. The minimum atomic E-state index is 0.00698. The second kappa shape index (κ2) is 8.11. The van der Waals surface area contributed by atoms with Gasteiger partial charge >= 0.3 is 0 Å². The highest BCUT2D eigenvalue weighted by molar-refractivity contribution is 7.99. The summed E-state index contributed by atoms with van der Waals surface area (Å²) >= 11 is 1.38. The molecule has 0 aliphatic carbocycles. The highest BCUT2D eigenvalue weighted by atomic mass is 32.2. The number of amides is 1. The normalized spacial score (nSPS) is 11.0. The van der Waals surface area contributed by atoms with Gasteiger partial charge in [-0.3, -0.25) is 9.20 Å². The van der Waals surface area contributed by atoms with E-state index in [2.05, 4.69) is 32.6 Å². The topological polar surface area (TPSA) is 72.2 Å². The van der Waals surface area contributed by atoms with Gasteiger partial charge in [-0.05, 0) is 32.3 Å². The van der Waals surface area contributed by atoms with E-state index in [4.69, 9.17) is 0 Å². The van der Waals surface area contributed by atoms with E-state index in [0.717, 1.165) is 30.0 Å². The van der Waals surface area contributed by atoms with Crippen LogP contribution in [0.15, 0.2) is 41.6 Å². The average molecular weight is 355 g/mol. The van der Waals surface area contributed by atoms with Gasteiger partial charge < -0.3 is 5.32 Å². The number of aromatic nitrogens is 4. The van der Waals surface area contributed by atoms with Crippen molar-refractivity contribution in [3.63, 3.8) is 0 Å². The molecule has 6 nitrogen and oxygen atoms in total. The second-order valence-corrected chi connectivity index (χ2v) is 6.79. The number of nitrogens with zero attached hydrogens (tertiary/aromatic N) is 4. The summed E-state index contributed by atoms with van der Waals surface area (Å²) in [5, 5.41) is 12.0. The Morgan fingerprint density at radius 3 is 2.80 bits per heavy atom. The van der Waals surface area contributed by atoms with Crippen molar-refractivity contribution in [1.82, 2.24) is 24.9 Å². The van der Waals surface area contributed by atoms with Crippen molar-refractivity contribution in [1.29, 1.82) is 0 Å². The quantitative estimate of drug-likeness (QED) is 0.521. The van der Waals surface area contributed by atoms with Crippen LogP contribution in [0.2, 0.25) is 0 Å². The third-order valence-corrected chi connectivity index (χ3v) is 4.73. The van der Waals surface area contributed by atoms with Gasteiger partial charge in [0.05, 0.1) is 5.75 Å². The minimum Gasteiger partial charge on any atom is -0.355 e. The van der Waals surface area contributed by atoms with Gasteiger partial charge in [0.1, 0.15) is 5.82 Å². The lowest BCUT2D eigenvalue weighted by Gasteiger charge is -2.06. The largest absolute Gasteiger partial charge is 0.355 e. The first-order valence-corrected chi connectivity index (χ1v) is 9.25. The standard InChI is InChI=1S/C18H21N5OS/c1-13-11-16-21-22-18(23(16)14(2)20-13)25-12-17(24)19-10-6-9-15-7-4-3-5-8-15/h3-5,7-8,11H,6,9-10,12H2,1-2H3,(H,19,24). The number of thioether (sulfide) groups is 1. The number of hydrogen-bond donors (Lipinski definition) is 1. The van der Waals surface area contributed by atoms with E-state index in [9.17, 15) is 4.79 Å². The average Bonchev–Trinajstić information content (AvgIpc) is 3.01. The second-order valence-electron chi connectivity index (χ2n) is 5.85. The van der Waals surface area contributed by atoms with Crippen LogP contribution < -0.4 is 5.32 Å². The summed E-state index contributed by atoms with van der Waals surface area (Å²) in [6.07, 6.45) is 1.89. The zero-order valence-corrected chi connectivity index (χ0v) is 15.2. The van der Waals surface area contributed by atoms with Crippen molar-refractivity contribution in [2.24, 2.45) is 0 Å². The molecule has 0 unspecified atom stereocenters. The van der Waals surface area contributed by atoms with Crippen LogP contribution in [-0.4, -0.2) is 37.8 Å². The molecule has 0 saturated heterocycles. The molecule has 2 heterocycles. The molecule has 7 heteroatoms. The summed E-state index contributed by atoms with van der Waals surface area (Å²) in [5.74, 6) is 1.15. The number of carbonyl (C=O) groups is 1. The Bertz CT molecular complexity index is 863. The van der Waals surface area contributed by atoms with Gasteiger partial charge in [0.25, 0.3) is 0 Å². The minimum absolute atomic E-state index is 0.00698. The highest BCUT2D eigenvalue weighted by Gasteiger charge is 2.11. The lowest BCUT2D eigenvalue weighted by atomic mass is 10.1. The lowest BCUT2D eigenvalue weighted by molar-refractivity contribution is -0.118. The maximum Gasteiger partial charge on any atom is 0.230 e. The highest BCUT2D eigenvalue weighted by Crippen LogP contribution is 2.18. The molecule has 2 aromatic heterocycles. The SMILES string of the molecule is Cc1cc2nnc(SCC(=O)NCCCc3ccccc3)n2c(C)n1. The fraction of sp³-hybridized carbons (Fsp3) is 0.333. The predicted molar refractivity (Wildman–Crippen MR) is 98.8 cm³/mol. The van der Waals surface area contributed by atoms with Crippen LogP contribution >= 0.6 is 11.8 Å². The smallest absolute Gasteiger partial charge is 0.230 e. The van der Waals surface area contributed by atoms with Crippen LogP contribution in [-0.2, 0) is 11.2 Å². The molecule has 0 radical (unpaired) electrons. The molecule has 0 saturated carbocycles. The van der Waals surface area contributed by atoms with Crippen LogP contribution in [0.4, 0.5) is 0 Å². The van der Waals surface area contributed by atoms with E-state index >= 15 is 0 Å². The number of aryl methyl sites for hydroxylation is 3. The maximum absolute atomic E-state index is 12.0. The van der Waals surface area contributed by atoms with Crippen LogP contribution in [0.3, 0.4) is 0 Å². The van der Waals surface area contributed by atoms with E-state index in [1.807, 2.05) is 42.5 Å². The van der Waals surface area contributed by atoms with Crippen molar-refractivity contribution in [2.75, 3.05) is 12.3 Å². The Labute approximate surface area is 151 Å². The third-order valence-electron chi connectivity index (χ3n) is 3.80. The first-order chi connectivity index (χ1) is 12.1. The van der Waals surface area contributed by atoms with Crippen LogP contribution in [0.1, 0.15) is 23.5 Å². The summed E-state index contributed by atoms with van der Waals surface area (Å²) in [7, 11) is 0. The van der Waals surface area contributed by atoms with Crippen molar-refractivity contribution >= 4 is 23.3 Å². The maximum atomic E-state index is 12.0. The van der Waals surface area contributed by atoms with Gasteiger partial charge in [-0.15, -0.1) is 10.2 Å². The fourth-order valence-corrected chi connectivity index (χ4v) is 3.46. The summed E-state index contributed by atoms with van der Waals surface area (Å²) in [6.45, 7) is 4.52. The zero-order chi connectivity index (χ0) is 17.6. The molecule has 25 heavy (non-hydrogen) atoms. The number of fused-ring (bicyclic) bond motifs is 1. The third kappa shape index (κ3) is 4.57. The number of hydrogen-bond acceptors (Lipinski definition) is 5. The van der Waals surface area contributed by atoms with E-state index in [1.54, 1.807) is 0 Å². The van der Waals surface area contributed by atoms with Gasteiger partial charge in [0.2, 0.25) is 5.91 Å². The van der Waals surface area contributed by atoms with Gasteiger partial charge in [-0.2, -0.15) is 0 Å². The fourth-order valence-electron chi connectivity index (χ4n) is 2.64.